The largest absolute Gasteiger partial charge is 0.490 e. The van der Waals surface area contributed by atoms with E-state index in [1.54, 1.807) is 34.1 Å². The van der Waals surface area contributed by atoms with Gasteiger partial charge in [0.2, 0.25) is 0 Å². The van der Waals surface area contributed by atoms with E-state index < -0.39 is 6.09 Å². The minimum absolute atomic E-state index is 0.144. The van der Waals surface area contributed by atoms with Gasteiger partial charge in [0.05, 0.1) is 11.8 Å². The van der Waals surface area contributed by atoms with Crippen molar-refractivity contribution in [3.63, 3.8) is 0 Å². The summed E-state index contributed by atoms with van der Waals surface area (Å²) in [6, 6.07) is 13.0. The minimum Gasteiger partial charge on any atom is -0.490 e. The van der Waals surface area contributed by atoms with E-state index in [4.69, 9.17) is 15.2 Å². The molecule has 0 aliphatic carbocycles. The maximum atomic E-state index is 13.0. The number of hydrogen-bond acceptors (Lipinski definition) is 8. The van der Waals surface area contributed by atoms with Crippen molar-refractivity contribution in [3.05, 3.63) is 66.6 Å². The third-order valence-electron chi connectivity index (χ3n) is 7.56. The van der Waals surface area contributed by atoms with Crippen LogP contribution in [0, 0.1) is 0 Å². The zero-order valence-corrected chi connectivity index (χ0v) is 22.9. The molecule has 11 nitrogen and oxygen atoms in total. The second kappa shape index (κ2) is 11.5. The Kier molecular flexibility index (Phi) is 7.43. The van der Waals surface area contributed by atoms with Gasteiger partial charge in [0, 0.05) is 49.7 Å². The van der Waals surface area contributed by atoms with Crippen molar-refractivity contribution in [2.75, 3.05) is 31.9 Å². The van der Waals surface area contributed by atoms with Crippen LogP contribution in [0.15, 0.2) is 61.1 Å². The van der Waals surface area contributed by atoms with Gasteiger partial charge in [-0.25, -0.2) is 9.78 Å². The molecule has 2 aliphatic rings. The summed E-state index contributed by atoms with van der Waals surface area (Å²) < 4.78 is 13.5. The smallest absolute Gasteiger partial charge is 0.415 e. The van der Waals surface area contributed by atoms with Crippen LogP contribution in [-0.4, -0.2) is 70.0 Å². The third-order valence-corrected chi connectivity index (χ3v) is 7.56. The average Bonchev–Trinajstić information content (AvgIpc) is 3.63. The predicted molar refractivity (Wildman–Crippen MR) is 155 cm³/mol. The highest BCUT2D eigenvalue weighted by molar-refractivity contribution is 5.99. The predicted octanol–water partition coefficient (Wildman–Crippen LogP) is 3.35. The first-order valence-electron chi connectivity index (χ1n) is 13.8. The molecule has 0 unspecified atom stereocenters. The van der Waals surface area contributed by atoms with Gasteiger partial charge in [0.25, 0.3) is 5.91 Å². The molecule has 4 aromatic rings. The third kappa shape index (κ3) is 6.09. The number of aryl methyl sites for hydroxylation is 1. The number of likely N-dealkylation sites (tertiary alicyclic amines) is 1. The monoisotopic (exact) mass is 555 g/mol. The van der Waals surface area contributed by atoms with Gasteiger partial charge in [0.15, 0.2) is 0 Å². The van der Waals surface area contributed by atoms with Crippen molar-refractivity contribution in [3.8, 4) is 22.6 Å². The molecule has 2 saturated heterocycles. The van der Waals surface area contributed by atoms with Crippen LogP contribution in [0.25, 0.3) is 21.9 Å². The fourth-order valence-electron chi connectivity index (χ4n) is 5.30. The van der Waals surface area contributed by atoms with Crippen molar-refractivity contribution in [2.45, 2.75) is 31.4 Å². The zero-order chi connectivity index (χ0) is 28.3. The summed E-state index contributed by atoms with van der Waals surface area (Å²) in [6.45, 7) is 2.76. The van der Waals surface area contributed by atoms with Crippen LogP contribution >= 0.6 is 0 Å². The number of nitrogens with one attached hydrogen (secondary N) is 2. The number of fused-ring (bicyclic) bond motifs is 1. The Morgan fingerprint density at radius 1 is 1.00 bits per heavy atom. The Morgan fingerprint density at radius 3 is 2.51 bits per heavy atom. The lowest BCUT2D eigenvalue weighted by molar-refractivity contribution is 0.0937. The number of carbonyl (C=O) groups excluding carboxylic acids is 2. The van der Waals surface area contributed by atoms with Gasteiger partial charge < -0.3 is 30.7 Å². The lowest BCUT2D eigenvalue weighted by Crippen LogP contribution is -2.39. The summed E-state index contributed by atoms with van der Waals surface area (Å²) in [5, 5.41) is 12.5. The first-order valence-corrected chi connectivity index (χ1v) is 13.8. The number of amides is 2. The Labute approximate surface area is 237 Å². The molecule has 4 heterocycles. The Hall–Kier alpha value is -4.64. The number of hydrogen-bond donors (Lipinski definition) is 3. The summed E-state index contributed by atoms with van der Waals surface area (Å²) in [4.78, 5) is 31.7. The molecule has 2 aliphatic heterocycles. The van der Waals surface area contributed by atoms with Crippen LogP contribution in [0.4, 0.5) is 10.6 Å². The van der Waals surface area contributed by atoms with Gasteiger partial charge in [-0.1, -0.05) is 12.1 Å². The van der Waals surface area contributed by atoms with Gasteiger partial charge in [0.1, 0.15) is 23.4 Å². The van der Waals surface area contributed by atoms with Gasteiger partial charge in [-0.15, -0.1) is 0 Å². The van der Waals surface area contributed by atoms with E-state index in [0.717, 1.165) is 53.6 Å². The summed E-state index contributed by atoms with van der Waals surface area (Å²) in [5.74, 6) is 1.12. The fourth-order valence-corrected chi connectivity index (χ4v) is 5.30. The number of anilines is 1. The topological polar surface area (TPSA) is 137 Å². The summed E-state index contributed by atoms with van der Waals surface area (Å²) in [6.07, 6.45) is 7.54. The summed E-state index contributed by atoms with van der Waals surface area (Å²) in [7, 11) is 1.82. The average molecular weight is 556 g/mol. The van der Waals surface area contributed by atoms with Crippen LogP contribution in [0.3, 0.4) is 0 Å². The SMILES string of the molecule is Cn1cc(-c2cnc(N)c(C(=O)N[C@@H]3CCN(C(=O)Oc4ccc5cc(OC6CCNCC6)ccc5c4)C3)c2)cn1. The Morgan fingerprint density at radius 2 is 1.76 bits per heavy atom. The highest BCUT2D eigenvalue weighted by Crippen LogP contribution is 2.27. The first-order chi connectivity index (χ1) is 19.9. The van der Waals surface area contributed by atoms with E-state index in [1.165, 1.54) is 0 Å². The van der Waals surface area contributed by atoms with E-state index in [1.807, 2.05) is 43.6 Å². The molecule has 0 spiro atoms. The van der Waals surface area contributed by atoms with Gasteiger partial charge >= 0.3 is 6.09 Å². The molecule has 11 heteroatoms. The summed E-state index contributed by atoms with van der Waals surface area (Å²) >= 11 is 0. The van der Waals surface area contributed by atoms with Crippen molar-refractivity contribution < 1.29 is 19.1 Å². The van der Waals surface area contributed by atoms with Gasteiger partial charge in [-0.3, -0.25) is 9.48 Å². The maximum absolute atomic E-state index is 13.0. The van der Waals surface area contributed by atoms with E-state index in [0.29, 0.717) is 25.3 Å². The number of nitrogens with zero attached hydrogens (tertiary/aromatic N) is 4. The second-order valence-corrected chi connectivity index (χ2v) is 10.6. The number of carbonyl (C=O) groups is 2. The molecular formula is C30H33N7O4. The highest BCUT2D eigenvalue weighted by Gasteiger charge is 2.29. The summed E-state index contributed by atoms with van der Waals surface area (Å²) in [5.41, 5.74) is 7.88. The van der Waals surface area contributed by atoms with Crippen molar-refractivity contribution in [1.29, 1.82) is 0 Å². The quantitative estimate of drug-likeness (QED) is 0.330. The number of pyridine rings is 1. The number of aromatic nitrogens is 3. The highest BCUT2D eigenvalue weighted by atomic mass is 16.6. The molecule has 212 valence electrons. The van der Waals surface area contributed by atoms with Crippen molar-refractivity contribution in [1.82, 2.24) is 30.3 Å². The number of rotatable bonds is 6. The number of piperidine rings is 1. The molecular weight excluding hydrogens is 522 g/mol. The normalized spacial score (nSPS) is 17.5. The molecule has 4 N–H and O–H groups in total. The molecule has 41 heavy (non-hydrogen) atoms. The van der Waals surface area contributed by atoms with E-state index in [2.05, 4.69) is 20.7 Å². The number of benzene rings is 2. The molecule has 0 bridgehead atoms. The van der Waals surface area contributed by atoms with Crippen molar-refractivity contribution >= 4 is 28.6 Å². The van der Waals surface area contributed by atoms with Crippen LogP contribution in [0.5, 0.6) is 11.5 Å². The maximum Gasteiger partial charge on any atom is 0.415 e. The fraction of sp³-hybridized carbons (Fsp3) is 0.333. The molecule has 0 radical (unpaired) electrons. The van der Waals surface area contributed by atoms with Crippen LogP contribution in [0.2, 0.25) is 0 Å². The molecule has 2 fully saturated rings. The molecule has 0 saturated carbocycles. The lowest BCUT2D eigenvalue weighted by Gasteiger charge is -2.24. The van der Waals surface area contributed by atoms with Crippen LogP contribution < -0.4 is 25.8 Å². The van der Waals surface area contributed by atoms with Crippen LogP contribution in [-0.2, 0) is 7.05 Å². The number of ether oxygens (including phenoxy) is 2. The standard InChI is InChI=1S/C30H33N7O4/c1-36-17-22(16-34-36)21-14-27(28(31)33-15-21)29(38)35-23-8-11-37(18-23)30(39)41-26-5-3-19-12-25(4-2-20(19)13-26)40-24-6-9-32-10-7-24/h2-5,12-17,23-24,32H,6-11,18H2,1H3,(H2,31,33)(H,35,38)/t23-/m1/s1. The second-order valence-electron chi connectivity index (χ2n) is 10.6. The molecule has 1 atom stereocenters. The Balaban J connectivity index is 1.05. The molecule has 2 aromatic carbocycles. The first kappa shape index (κ1) is 26.6. The minimum atomic E-state index is -0.452. The van der Waals surface area contributed by atoms with Crippen LogP contribution in [0.1, 0.15) is 29.6 Å². The molecule has 6 rings (SSSR count). The Bertz CT molecular complexity index is 1580. The number of nitrogen functional groups attached to an aromatic ring is 1. The lowest BCUT2D eigenvalue weighted by atomic mass is 10.1. The van der Waals surface area contributed by atoms with Crippen molar-refractivity contribution in [2.24, 2.45) is 7.05 Å². The van der Waals surface area contributed by atoms with E-state index in [9.17, 15) is 9.59 Å². The van der Waals surface area contributed by atoms with E-state index >= 15 is 0 Å². The van der Waals surface area contributed by atoms with Gasteiger partial charge in [-0.05, 0) is 73.5 Å². The number of nitrogens with two attached hydrogens (primary N) is 1. The van der Waals surface area contributed by atoms with Gasteiger partial charge in [-0.2, -0.15) is 5.10 Å². The zero-order valence-electron chi connectivity index (χ0n) is 22.9. The molecule has 2 amide bonds. The molecule has 2 aromatic heterocycles. The van der Waals surface area contributed by atoms with E-state index in [-0.39, 0.29) is 29.4 Å².